The van der Waals surface area contributed by atoms with Gasteiger partial charge in [0.05, 0.1) is 11.8 Å². The zero-order valence-electron chi connectivity index (χ0n) is 19.0. The molecule has 0 aromatic carbocycles. The molecule has 0 spiro atoms. The van der Waals surface area contributed by atoms with Crippen molar-refractivity contribution in [3.05, 3.63) is 12.2 Å². The van der Waals surface area contributed by atoms with E-state index in [0.717, 1.165) is 38.5 Å². The topological polar surface area (TPSA) is 98.7 Å². The molecule has 1 saturated carbocycles. The van der Waals surface area contributed by atoms with E-state index in [4.69, 9.17) is 0 Å². The highest BCUT2D eigenvalue weighted by molar-refractivity contribution is 5.96. The summed E-state index contributed by atoms with van der Waals surface area (Å²) in [6, 6.07) is -0.408. The van der Waals surface area contributed by atoms with Gasteiger partial charge >= 0.3 is 0 Å². The van der Waals surface area contributed by atoms with Crippen LogP contribution in [-0.4, -0.2) is 60.0 Å². The quantitative estimate of drug-likeness (QED) is 0.383. The predicted octanol–water partition coefficient (Wildman–Crippen LogP) is 2.00. The molecule has 1 heterocycles. The normalized spacial score (nSPS) is 30.9. The van der Waals surface area contributed by atoms with Crippen LogP contribution in [0.5, 0.6) is 0 Å². The summed E-state index contributed by atoms with van der Waals surface area (Å²) < 4.78 is 0. The fourth-order valence-corrected chi connectivity index (χ4v) is 5.80. The number of hydrogen-bond donors (Lipinski definition) is 3. The molecule has 3 aliphatic rings. The highest BCUT2D eigenvalue weighted by atomic mass is 16.3. The molecule has 0 unspecified atom stereocenters. The third-order valence-corrected chi connectivity index (χ3v) is 7.31. The number of rotatable bonds is 9. The van der Waals surface area contributed by atoms with Crippen LogP contribution < -0.4 is 10.6 Å². The second-order valence-corrected chi connectivity index (χ2v) is 9.33. The lowest BCUT2D eigenvalue weighted by Crippen LogP contribution is -2.50. The maximum Gasteiger partial charge on any atom is 0.243 e. The first-order valence-electron chi connectivity index (χ1n) is 12.1. The van der Waals surface area contributed by atoms with E-state index in [0.29, 0.717) is 19.4 Å². The molecule has 3 rings (SSSR count). The van der Waals surface area contributed by atoms with Gasteiger partial charge in [0.15, 0.2) is 0 Å². The molecular weight excluding hydrogens is 394 g/mol. The van der Waals surface area contributed by atoms with E-state index in [1.807, 2.05) is 6.08 Å². The van der Waals surface area contributed by atoms with Crippen molar-refractivity contribution in [3.63, 3.8) is 0 Å². The summed E-state index contributed by atoms with van der Waals surface area (Å²) >= 11 is 0. The third kappa shape index (κ3) is 5.13. The Balaban J connectivity index is 1.88. The summed E-state index contributed by atoms with van der Waals surface area (Å²) in [4.78, 5) is 41.6. The lowest BCUT2D eigenvalue weighted by atomic mass is 9.68. The smallest absolute Gasteiger partial charge is 0.243 e. The maximum absolute atomic E-state index is 13.6. The summed E-state index contributed by atoms with van der Waals surface area (Å²) in [5, 5.41) is 15.2. The molecular formula is C24H39N3O4. The van der Waals surface area contributed by atoms with Crippen molar-refractivity contribution in [1.29, 1.82) is 0 Å². The van der Waals surface area contributed by atoms with Crippen molar-refractivity contribution in [2.75, 3.05) is 20.2 Å². The Bertz CT molecular complexity index is 674. The first-order valence-corrected chi connectivity index (χ1v) is 12.1. The first kappa shape index (κ1) is 23.8. The number of aliphatic hydroxyl groups is 1. The summed E-state index contributed by atoms with van der Waals surface area (Å²) in [6.45, 7) is 2.58. The fourth-order valence-electron chi connectivity index (χ4n) is 5.80. The van der Waals surface area contributed by atoms with Gasteiger partial charge in [-0.2, -0.15) is 0 Å². The predicted molar refractivity (Wildman–Crippen MR) is 119 cm³/mol. The number of amides is 3. The minimum Gasteiger partial charge on any atom is -0.396 e. The maximum atomic E-state index is 13.6. The zero-order chi connectivity index (χ0) is 22.4. The van der Waals surface area contributed by atoms with E-state index >= 15 is 0 Å². The molecule has 7 nitrogen and oxygen atoms in total. The Morgan fingerprint density at radius 2 is 1.87 bits per heavy atom. The molecule has 0 radical (unpaired) electrons. The molecule has 0 aromatic heterocycles. The van der Waals surface area contributed by atoms with Crippen LogP contribution >= 0.6 is 0 Å². The molecule has 3 N–H and O–H groups in total. The number of allylic oxidation sites excluding steroid dienone is 1. The van der Waals surface area contributed by atoms with Crippen LogP contribution in [0.15, 0.2) is 12.2 Å². The third-order valence-electron chi connectivity index (χ3n) is 7.31. The summed E-state index contributed by atoms with van der Waals surface area (Å²) in [6.07, 6.45) is 12.5. The molecule has 7 heteroatoms. The lowest BCUT2D eigenvalue weighted by molar-refractivity contribution is -0.141. The highest BCUT2D eigenvalue weighted by Gasteiger charge is 2.56. The standard InChI is InChI=1S/C24H39N3O4/c1-3-9-16-12-13-18-20(19(16)22(29)25-2)24(31)27(14-7-8-15-28)21(18)23(30)26-17-10-5-4-6-11-17/h12-13,16-21,28H,3-11,14-15H2,1-2H3,(H,25,29)(H,26,30)/t16-,18+,19-,20-,21+/m1/s1. The highest BCUT2D eigenvalue weighted by Crippen LogP contribution is 2.45. The van der Waals surface area contributed by atoms with Crippen molar-refractivity contribution >= 4 is 17.7 Å². The zero-order valence-corrected chi connectivity index (χ0v) is 19.0. The molecule has 174 valence electrons. The number of aliphatic hydroxyl groups excluding tert-OH is 1. The number of nitrogens with zero attached hydrogens (tertiary/aromatic N) is 1. The second kappa shape index (κ2) is 11.1. The van der Waals surface area contributed by atoms with Crippen LogP contribution in [0.4, 0.5) is 0 Å². The minimum absolute atomic E-state index is 0.00889. The van der Waals surface area contributed by atoms with E-state index < -0.39 is 17.9 Å². The average molecular weight is 434 g/mol. The van der Waals surface area contributed by atoms with Crippen molar-refractivity contribution in [2.45, 2.75) is 76.8 Å². The summed E-state index contributed by atoms with van der Waals surface area (Å²) in [7, 11) is 1.62. The van der Waals surface area contributed by atoms with E-state index in [2.05, 4.69) is 23.6 Å². The van der Waals surface area contributed by atoms with Gasteiger partial charge < -0.3 is 20.6 Å². The van der Waals surface area contributed by atoms with Gasteiger partial charge in [-0.1, -0.05) is 44.8 Å². The summed E-state index contributed by atoms with van der Waals surface area (Å²) in [5.74, 6) is -1.53. The van der Waals surface area contributed by atoms with Crippen molar-refractivity contribution in [2.24, 2.45) is 23.7 Å². The van der Waals surface area contributed by atoms with Gasteiger partial charge in [-0.3, -0.25) is 14.4 Å². The van der Waals surface area contributed by atoms with Crippen LogP contribution in [0.1, 0.15) is 64.7 Å². The Hall–Kier alpha value is -1.89. The van der Waals surface area contributed by atoms with E-state index in [9.17, 15) is 19.5 Å². The average Bonchev–Trinajstić information content (AvgIpc) is 3.06. The van der Waals surface area contributed by atoms with Crippen molar-refractivity contribution in [3.8, 4) is 0 Å². The molecule has 0 aromatic rings. The van der Waals surface area contributed by atoms with Crippen LogP contribution in [0.3, 0.4) is 0 Å². The van der Waals surface area contributed by atoms with Crippen molar-refractivity contribution in [1.82, 2.24) is 15.5 Å². The number of likely N-dealkylation sites (tertiary alicyclic amines) is 1. The minimum atomic E-state index is -0.580. The Morgan fingerprint density at radius 1 is 1.13 bits per heavy atom. The van der Waals surface area contributed by atoms with E-state index in [1.165, 1.54) is 6.42 Å². The molecule has 2 aliphatic carbocycles. The largest absolute Gasteiger partial charge is 0.396 e. The van der Waals surface area contributed by atoms with E-state index in [1.54, 1.807) is 11.9 Å². The SMILES string of the molecule is CCC[C@@H]1C=C[C@H]2[C@@H](C(=O)N(CCCCO)[C@@H]2C(=O)NC2CCCCC2)[C@@H]1C(=O)NC. The van der Waals surface area contributed by atoms with Crippen LogP contribution in [0.2, 0.25) is 0 Å². The second-order valence-electron chi connectivity index (χ2n) is 9.33. The molecule has 31 heavy (non-hydrogen) atoms. The molecule has 5 atom stereocenters. The Kier molecular flexibility index (Phi) is 8.52. The number of hydrogen-bond acceptors (Lipinski definition) is 4. The summed E-state index contributed by atoms with van der Waals surface area (Å²) in [5.41, 5.74) is 0. The first-order chi connectivity index (χ1) is 15.0. The molecule has 1 saturated heterocycles. The molecule has 3 amide bonds. The number of carbonyl (C=O) groups excluding carboxylic acids is 3. The van der Waals surface area contributed by atoms with Gasteiger partial charge in [-0.05, 0) is 38.0 Å². The van der Waals surface area contributed by atoms with Gasteiger partial charge in [0, 0.05) is 32.2 Å². The van der Waals surface area contributed by atoms with Gasteiger partial charge in [0.2, 0.25) is 17.7 Å². The number of unbranched alkanes of at least 4 members (excludes halogenated alkanes) is 1. The van der Waals surface area contributed by atoms with Gasteiger partial charge in [0.25, 0.3) is 0 Å². The Morgan fingerprint density at radius 3 is 2.52 bits per heavy atom. The molecule has 1 aliphatic heterocycles. The van der Waals surface area contributed by atoms with Gasteiger partial charge in [-0.15, -0.1) is 0 Å². The number of carbonyl (C=O) groups is 3. The van der Waals surface area contributed by atoms with Crippen LogP contribution in [0.25, 0.3) is 0 Å². The van der Waals surface area contributed by atoms with Crippen LogP contribution in [-0.2, 0) is 14.4 Å². The molecule has 0 bridgehead atoms. The lowest BCUT2D eigenvalue weighted by Gasteiger charge is -2.34. The van der Waals surface area contributed by atoms with Gasteiger partial charge in [-0.25, -0.2) is 0 Å². The van der Waals surface area contributed by atoms with Crippen LogP contribution in [0, 0.1) is 23.7 Å². The fraction of sp³-hybridized carbons (Fsp3) is 0.792. The van der Waals surface area contributed by atoms with E-state index in [-0.39, 0.29) is 42.2 Å². The Labute approximate surface area is 186 Å². The molecule has 2 fully saturated rings. The number of fused-ring (bicyclic) bond motifs is 1. The van der Waals surface area contributed by atoms with Crippen molar-refractivity contribution < 1.29 is 19.5 Å². The number of nitrogens with one attached hydrogen (secondary N) is 2. The monoisotopic (exact) mass is 433 g/mol. The van der Waals surface area contributed by atoms with Gasteiger partial charge in [0.1, 0.15) is 6.04 Å².